The molecule has 0 fully saturated rings. The Morgan fingerprint density at radius 2 is 2.00 bits per heavy atom. The molecule has 0 unspecified atom stereocenters. The minimum atomic E-state index is 0.481. The molecule has 0 amide bonds. The molecule has 82 valence electrons. The van der Waals surface area contributed by atoms with Crippen LogP contribution in [0.3, 0.4) is 0 Å². The summed E-state index contributed by atoms with van der Waals surface area (Å²) in [4.78, 5) is 4.21. The lowest BCUT2D eigenvalue weighted by Gasteiger charge is -1.99. The third-order valence-corrected chi connectivity index (χ3v) is 2.69. The Bertz CT molecular complexity index is 496. The maximum absolute atomic E-state index is 5.72. The number of benzene rings is 1. The third kappa shape index (κ3) is 2.36. The van der Waals surface area contributed by atoms with E-state index in [2.05, 4.69) is 26.0 Å². The number of halogens is 1. The Morgan fingerprint density at radius 3 is 2.62 bits per heavy atom. The van der Waals surface area contributed by atoms with Crippen molar-refractivity contribution < 1.29 is 4.68 Å². The Hall–Kier alpha value is -1.49. The largest absolute Gasteiger partial charge is 0.379 e. The van der Waals surface area contributed by atoms with Crippen LogP contribution in [0, 0.1) is 0 Å². The van der Waals surface area contributed by atoms with Crippen LogP contribution in [0.1, 0.15) is 6.92 Å². The summed E-state index contributed by atoms with van der Waals surface area (Å²) in [5.74, 6) is 1.13. The molecular weight excluding hydrogens is 268 g/mol. The summed E-state index contributed by atoms with van der Waals surface area (Å²) < 4.78 is 2.81. The lowest BCUT2D eigenvalue weighted by atomic mass is 10.2. The molecule has 1 heterocycles. The first-order valence-electron chi connectivity index (χ1n) is 4.99. The standard InChI is InChI=1S/C11H12BrN4/c1-2-16-7-10(13)14-11(15-16)8-3-5-9(12)6-4-8/h3-7H,2H2,1H3,(H2,13,14,15)/q+1. The number of nitrogens with zero attached hydrogens (tertiary/aromatic N) is 3. The lowest BCUT2D eigenvalue weighted by molar-refractivity contribution is -0.749. The monoisotopic (exact) mass is 279 g/mol. The van der Waals surface area contributed by atoms with E-state index in [1.807, 2.05) is 31.2 Å². The van der Waals surface area contributed by atoms with E-state index in [1.54, 1.807) is 10.9 Å². The normalized spacial score (nSPS) is 10.4. The van der Waals surface area contributed by atoms with Gasteiger partial charge in [-0.25, -0.2) is 0 Å². The Balaban J connectivity index is 2.47. The summed E-state index contributed by atoms with van der Waals surface area (Å²) in [5.41, 5.74) is 6.68. The highest BCUT2D eigenvalue weighted by Gasteiger charge is 2.09. The van der Waals surface area contributed by atoms with Gasteiger partial charge in [-0.1, -0.05) is 20.6 Å². The van der Waals surface area contributed by atoms with Gasteiger partial charge in [0.2, 0.25) is 12.0 Å². The van der Waals surface area contributed by atoms with Crippen molar-refractivity contribution in [2.24, 2.45) is 0 Å². The van der Waals surface area contributed by atoms with Crippen molar-refractivity contribution in [3.05, 3.63) is 34.9 Å². The Morgan fingerprint density at radius 1 is 1.31 bits per heavy atom. The van der Waals surface area contributed by atoms with Crippen LogP contribution in [0.25, 0.3) is 11.4 Å². The fraction of sp³-hybridized carbons (Fsp3) is 0.182. The minimum absolute atomic E-state index is 0.481. The second kappa shape index (κ2) is 4.57. The van der Waals surface area contributed by atoms with Crippen LogP contribution in [0.2, 0.25) is 0 Å². The number of hydrogen-bond acceptors (Lipinski definition) is 3. The molecule has 0 aliphatic rings. The van der Waals surface area contributed by atoms with E-state index in [0.29, 0.717) is 11.6 Å². The molecule has 0 radical (unpaired) electrons. The van der Waals surface area contributed by atoms with Crippen LogP contribution >= 0.6 is 15.9 Å². The smallest absolute Gasteiger partial charge is 0.238 e. The van der Waals surface area contributed by atoms with E-state index in [4.69, 9.17) is 5.73 Å². The zero-order chi connectivity index (χ0) is 11.5. The Labute approximate surface area is 102 Å². The third-order valence-electron chi connectivity index (χ3n) is 2.17. The van der Waals surface area contributed by atoms with Crippen LogP contribution in [-0.2, 0) is 6.54 Å². The number of aromatic nitrogens is 3. The topological polar surface area (TPSA) is 55.7 Å². The molecule has 2 aromatic rings. The van der Waals surface area contributed by atoms with Gasteiger partial charge in [-0.2, -0.15) is 4.98 Å². The van der Waals surface area contributed by atoms with Gasteiger partial charge in [0.05, 0.1) is 0 Å². The number of anilines is 1. The van der Waals surface area contributed by atoms with Crippen LogP contribution in [0.15, 0.2) is 34.9 Å². The highest BCUT2D eigenvalue weighted by Crippen LogP contribution is 2.17. The molecule has 4 nitrogen and oxygen atoms in total. The van der Waals surface area contributed by atoms with Gasteiger partial charge < -0.3 is 5.73 Å². The molecule has 0 spiro atoms. The van der Waals surface area contributed by atoms with Crippen LogP contribution < -0.4 is 10.4 Å². The molecule has 1 aromatic heterocycles. The fourth-order valence-corrected chi connectivity index (χ4v) is 1.62. The van der Waals surface area contributed by atoms with Gasteiger partial charge in [-0.15, -0.1) is 0 Å². The van der Waals surface area contributed by atoms with Crippen molar-refractivity contribution in [3.63, 3.8) is 0 Å². The molecule has 0 aliphatic carbocycles. The van der Waals surface area contributed by atoms with Crippen molar-refractivity contribution in [2.75, 3.05) is 5.73 Å². The van der Waals surface area contributed by atoms with Crippen LogP contribution in [0.4, 0.5) is 5.82 Å². The quantitative estimate of drug-likeness (QED) is 0.853. The first kappa shape index (κ1) is 11.0. The van der Waals surface area contributed by atoms with E-state index in [9.17, 15) is 0 Å². The molecule has 0 saturated carbocycles. The predicted molar refractivity (Wildman–Crippen MR) is 65.4 cm³/mol. The van der Waals surface area contributed by atoms with Gasteiger partial charge in [0.25, 0.3) is 0 Å². The van der Waals surface area contributed by atoms with Gasteiger partial charge in [0, 0.05) is 15.1 Å². The molecule has 0 atom stereocenters. The highest BCUT2D eigenvalue weighted by atomic mass is 79.9. The van der Waals surface area contributed by atoms with Crippen LogP contribution in [0.5, 0.6) is 0 Å². The molecule has 2 rings (SSSR count). The fourth-order valence-electron chi connectivity index (χ4n) is 1.36. The van der Waals surface area contributed by atoms with Gasteiger partial charge in [0.1, 0.15) is 0 Å². The first-order chi connectivity index (χ1) is 7.69. The molecule has 0 aliphatic heterocycles. The Kier molecular flexibility index (Phi) is 3.14. The molecule has 5 heteroatoms. The van der Waals surface area contributed by atoms with E-state index in [0.717, 1.165) is 16.6 Å². The molecular formula is C11H12BrN4+. The van der Waals surface area contributed by atoms with Gasteiger partial charge in [-0.05, 0) is 31.2 Å². The number of nitrogens with two attached hydrogens (primary N) is 1. The SMILES string of the molecule is CC[n+]1cc(N)nc(-c2ccc(Br)cc2)n1. The molecule has 1 aromatic carbocycles. The molecule has 0 saturated heterocycles. The summed E-state index contributed by atoms with van der Waals surface area (Å²) in [5, 5.41) is 4.36. The minimum Gasteiger partial charge on any atom is -0.379 e. The summed E-state index contributed by atoms with van der Waals surface area (Å²) in [6.07, 6.45) is 1.72. The van der Waals surface area contributed by atoms with Crippen molar-refractivity contribution in [1.82, 2.24) is 10.1 Å². The average Bonchev–Trinajstić information content (AvgIpc) is 2.29. The van der Waals surface area contributed by atoms with E-state index in [-0.39, 0.29) is 0 Å². The van der Waals surface area contributed by atoms with E-state index in [1.165, 1.54) is 0 Å². The average molecular weight is 280 g/mol. The highest BCUT2D eigenvalue weighted by molar-refractivity contribution is 9.10. The molecule has 16 heavy (non-hydrogen) atoms. The number of aryl methyl sites for hydroxylation is 1. The van der Waals surface area contributed by atoms with Crippen molar-refractivity contribution in [1.29, 1.82) is 0 Å². The summed E-state index contributed by atoms with van der Waals surface area (Å²) in [6.45, 7) is 2.79. The van der Waals surface area contributed by atoms with E-state index < -0.39 is 0 Å². The van der Waals surface area contributed by atoms with Crippen LogP contribution in [-0.4, -0.2) is 10.1 Å². The maximum atomic E-state index is 5.72. The number of hydrogen-bond donors (Lipinski definition) is 1. The zero-order valence-corrected chi connectivity index (χ0v) is 10.5. The summed E-state index contributed by atoms with van der Waals surface area (Å²) >= 11 is 3.39. The van der Waals surface area contributed by atoms with Gasteiger partial charge in [-0.3, -0.25) is 0 Å². The van der Waals surface area contributed by atoms with Crippen molar-refractivity contribution in [3.8, 4) is 11.4 Å². The summed E-state index contributed by atoms with van der Waals surface area (Å²) in [6, 6.07) is 7.83. The zero-order valence-electron chi connectivity index (χ0n) is 8.89. The van der Waals surface area contributed by atoms with Crippen molar-refractivity contribution in [2.45, 2.75) is 13.5 Å². The van der Waals surface area contributed by atoms with Gasteiger partial charge in [0.15, 0.2) is 12.4 Å². The van der Waals surface area contributed by atoms with Crippen molar-refractivity contribution >= 4 is 21.7 Å². The second-order valence-corrected chi connectivity index (χ2v) is 4.27. The molecule has 0 bridgehead atoms. The number of nitrogen functional groups attached to an aromatic ring is 1. The lowest BCUT2D eigenvalue weighted by Crippen LogP contribution is -2.37. The maximum Gasteiger partial charge on any atom is 0.238 e. The predicted octanol–water partition coefficient (Wildman–Crippen LogP) is 1.80. The van der Waals surface area contributed by atoms with E-state index >= 15 is 0 Å². The van der Waals surface area contributed by atoms with Gasteiger partial charge >= 0.3 is 0 Å². The first-order valence-corrected chi connectivity index (χ1v) is 5.78. The number of rotatable bonds is 2. The molecule has 2 N–H and O–H groups in total. The second-order valence-electron chi connectivity index (χ2n) is 3.35. The summed E-state index contributed by atoms with van der Waals surface area (Å²) in [7, 11) is 0.